The summed E-state index contributed by atoms with van der Waals surface area (Å²) in [5.41, 5.74) is 20.5. The Morgan fingerprint density at radius 2 is 1.02 bits per heavy atom. The van der Waals surface area contributed by atoms with Gasteiger partial charge in [0.15, 0.2) is 0 Å². The average molecular weight is 595 g/mol. The van der Waals surface area contributed by atoms with Crippen LogP contribution in [-0.2, 0) is 17.6 Å². The summed E-state index contributed by atoms with van der Waals surface area (Å²) in [4.78, 5) is 10.7. The van der Waals surface area contributed by atoms with Gasteiger partial charge in [-0.3, -0.25) is 0 Å². The highest BCUT2D eigenvalue weighted by atomic mass is 16.4. The number of hydrogen-bond acceptors (Lipinski definition) is 1. The van der Waals surface area contributed by atoms with Crippen LogP contribution >= 0.6 is 0 Å². The molecule has 2 heteroatoms. The van der Waals surface area contributed by atoms with Crippen LogP contribution in [0.4, 0.5) is 0 Å². The van der Waals surface area contributed by atoms with E-state index in [1.54, 1.807) is 33.4 Å². The SMILES string of the molecule is C/C=C(C)/C=C/CC1CCCc2c(C)c(C)c(C)c(C)c21.CC(/C=C/CC1CCCc2c(C)c(C)c(C)c(C)c21)=C\C(=O)O. The summed E-state index contributed by atoms with van der Waals surface area (Å²) < 4.78 is 0. The van der Waals surface area contributed by atoms with E-state index in [0.29, 0.717) is 11.8 Å². The van der Waals surface area contributed by atoms with Crippen molar-refractivity contribution in [3.63, 3.8) is 0 Å². The fourth-order valence-corrected chi connectivity index (χ4v) is 7.57. The first kappa shape index (κ1) is 35.4. The molecule has 0 bridgehead atoms. The topological polar surface area (TPSA) is 37.3 Å². The molecule has 0 fully saturated rings. The molecule has 0 spiro atoms. The highest BCUT2D eigenvalue weighted by Gasteiger charge is 2.26. The van der Waals surface area contributed by atoms with E-state index in [9.17, 15) is 4.79 Å². The first-order valence-corrected chi connectivity index (χ1v) is 16.8. The van der Waals surface area contributed by atoms with Gasteiger partial charge >= 0.3 is 5.97 Å². The number of carboxylic acids is 1. The van der Waals surface area contributed by atoms with E-state index in [0.717, 1.165) is 12.0 Å². The van der Waals surface area contributed by atoms with Gasteiger partial charge in [0.25, 0.3) is 0 Å². The zero-order valence-corrected chi connectivity index (χ0v) is 29.6. The number of rotatable bonds is 7. The summed E-state index contributed by atoms with van der Waals surface area (Å²) in [5.74, 6) is 0.394. The number of carbonyl (C=O) groups is 1. The monoisotopic (exact) mass is 594 g/mol. The van der Waals surface area contributed by atoms with Crippen molar-refractivity contribution in [1.29, 1.82) is 0 Å². The Morgan fingerprint density at radius 3 is 1.41 bits per heavy atom. The van der Waals surface area contributed by atoms with Crippen LogP contribution in [0.2, 0.25) is 0 Å². The normalized spacial score (nSPS) is 18.7. The van der Waals surface area contributed by atoms with Gasteiger partial charge in [-0.05, 0) is 212 Å². The predicted molar refractivity (Wildman–Crippen MR) is 190 cm³/mol. The van der Waals surface area contributed by atoms with Crippen LogP contribution < -0.4 is 0 Å². The summed E-state index contributed by atoms with van der Waals surface area (Å²) in [6.07, 6.45) is 22.0. The van der Waals surface area contributed by atoms with Crippen molar-refractivity contribution in [3.8, 4) is 0 Å². The molecule has 0 saturated carbocycles. The van der Waals surface area contributed by atoms with E-state index < -0.39 is 5.97 Å². The summed E-state index contributed by atoms with van der Waals surface area (Å²) in [6.45, 7) is 24.4. The minimum atomic E-state index is -0.882. The third-order valence-corrected chi connectivity index (χ3v) is 10.9. The van der Waals surface area contributed by atoms with Gasteiger partial charge in [-0.2, -0.15) is 0 Å². The third kappa shape index (κ3) is 8.12. The van der Waals surface area contributed by atoms with E-state index in [1.807, 2.05) is 13.0 Å². The van der Waals surface area contributed by atoms with Crippen molar-refractivity contribution in [2.75, 3.05) is 0 Å². The first-order chi connectivity index (χ1) is 20.8. The second-order valence-corrected chi connectivity index (χ2v) is 13.5. The molecule has 0 amide bonds. The van der Waals surface area contributed by atoms with Gasteiger partial charge in [-0.25, -0.2) is 4.79 Å². The van der Waals surface area contributed by atoms with Gasteiger partial charge in [0.2, 0.25) is 0 Å². The smallest absolute Gasteiger partial charge is 0.328 e. The summed E-state index contributed by atoms with van der Waals surface area (Å²) in [6, 6.07) is 0. The zero-order valence-electron chi connectivity index (χ0n) is 29.6. The molecule has 0 aliphatic heterocycles. The number of allylic oxidation sites excluding steroid dienone is 7. The Labute approximate surface area is 269 Å². The minimum Gasteiger partial charge on any atom is -0.478 e. The molecule has 2 aliphatic rings. The highest BCUT2D eigenvalue weighted by molar-refractivity contribution is 5.81. The molecule has 2 aromatic rings. The van der Waals surface area contributed by atoms with Gasteiger partial charge in [0.1, 0.15) is 0 Å². The molecule has 2 aromatic carbocycles. The third-order valence-electron chi connectivity index (χ3n) is 10.9. The second-order valence-electron chi connectivity index (χ2n) is 13.5. The molecule has 4 rings (SSSR count). The van der Waals surface area contributed by atoms with Crippen LogP contribution in [0, 0.1) is 55.4 Å². The summed E-state index contributed by atoms with van der Waals surface area (Å²) >= 11 is 0. The number of fused-ring (bicyclic) bond motifs is 2. The quantitative estimate of drug-likeness (QED) is 0.256. The highest BCUT2D eigenvalue weighted by Crippen LogP contribution is 2.42. The predicted octanol–water partition coefficient (Wildman–Crippen LogP) is 11.6. The van der Waals surface area contributed by atoms with Gasteiger partial charge in [-0.15, -0.1) is 0 Å². The van der Waals surface area contributed by atoms with Crippen molar-refractivity contribution in [3.05, 3.63) is 114 Å². The molecule has 0 saturated heterocycles. The maximum atomic E-state index is 10.7. The van der Waals surface area contributed by atoms with Crippen molar-refractivity contribution < 1.29 is 9.90 Å². The fourth-order valence-electron chi connectivity index (χ4n) is 7.57. The van der Waals surface area contributed by atoms with Gasteiger partial charge in [-0.1, -0.05) is 36.0 Å². The van der Waals surface area contributed by atoms with Gasteiger partial charge in [0.05, 0.1) is 0 Å². The van der Waals surface area contributed by atoms with Crippen LogP contribution in [-0.4, -0.2) is 11.1 Å². The second kappa shape index (κ2) is 15.7. The van der Waals surface area contributed by atoms with Crippen LogP contribution in [0.5, 0.6) is 0 Å². The number of hydrogen-bond donors (Lipinski definition) is 1. The molecule has 0 heterocycles. The van der Waals surface area contributed by atoms with Crippen molar-refractivity contribution >= 4 is 5.97 Å². The number of aliphatic carboxylic acids is 1. The molecule has 2 atom stereocenters. The Kier molecular flexibility index (Phi) is 12.6. The Balaban J connectivity index is 0.000000241. The van der Waals surface area contributed by atoms with E-state index in [4.69, 9.17) is 5.11 Å². The Bertz CT molecular complexity index is 1490. The lowest BCUT2D eigenvalue weighted by molar-refractivity contribution is -0.131. The van der Waals surface area contributed by atoms with Crippen LogP contribution in [0.3, 0.4) is 0 Å². The lowest BCUT2D eigenvalue weighted by atomic mass is 9.74. The molecular formula is C42H58O2. The van der Waals surface area contributed by atoms with Gasteiger partial charge in [0, 0.05) is 6.08 Å². The standard InChI is InChI=1S/C21H28O2.C21H30/c1-13(12-20(22)23)8-6-9-18-10-7-11-19-16(4)14(2)15(3)17(5)21(18)19;1-7-14(2)10-8-11-19-12-9-13-20-17(5)15(3)16(4)18(6)21(19)20/h6,8,12,18H,7,9-11H2,1-5H3,(H,22,23);7-8,10,19H,9,11-13H2,1-6H3/b8-6+,13-12+;10-8+,14-7+. The van der Waals surface area contributed by atoms with Crippen LogP contribution in [0.1, 0.15) is 138 Å². The summed E-state index contributed by atoms with van der Waals surface area (Å²) in [5, 5.41) is 8.78. The van der Waals surface area contributed by atoms with Crippen molar-refractivity contribution in [2.45, 2.75) is 139 Å². The minimum absolute atomic E-state index is 0.561. The molecule has 44 heavy (non-hydrogen) atoms. The molecule has 2 nitrogen and oxygen atoms in total. The molecular weight excluding hydrogens is 536 g/mol. The molecule has 1 N–H and O–H groups in total. The number of carboxylic acid groups (broad SMARTS) is 1. The first-order valence-electron chi connectivity index (χ1n) is 16.8. The molecule has 0 radical (unpaired) electrons. The molecule has 238 valence electrons. The zero-order chi connectivity index (χ0) is 32.7. The maximum Gasteiger partial charge on any atom is 0.328 e. The van der Waals surface area contributed by atoms with Crippen LogP contribution in [0.15, 0.2) is 47.6 Å². The van der Waals surface area contributed by atoms with E-state index >= 15 is 0 Å². The maximum absolute atomic E-state index is 10.7. The summed E-state index contributed by atoms with van der Waals surface area (Å²) in [7, 11) is 0. The van der Waals surface area contributed by atoms with E-state index in [-0.39, 0.29) is 0 Å². The average Bonchev–Trinajstić information content (AvgIpc) is 3.00. The molecule has 2 unspecified atom stereocenters. The van der Waals surface area contributed by atoms with E-state index in [1.165, 1.54) is 90.0 Å². The largest absolute Gasteiger partial charge is 0.478 e. The lowest BCUT2D eigenvalue weighted by Gasteiger charge is -2.30. The Morgan fingerprint density at radius 1 is 0.636 bits per heavy atom. The molecule has 2 aliphatic carbocycles. The molecule has 0 aromatic heterocycles. The lowest BCUT2D eigenvalue weighted by Crippen LogP contribution is -2.15. The number of benzene rings is 2. The van der Waals surface area contributed by atoms with Gasteiger partial charge < -0.3 is 5.11 Å². The van der Waals surface area contributed by atoms with Crippen molar-refractivity contribution in [1.82, 2.24) is 0 Å². The Hall–Kier alpha value is -3.13. The fraction of sp³-hybridized carbons (Fsp3) is 0.500. The van der Waals surface area contributed by atoms with E-state index in [2.05, 4.69) is 93.5 Å². The van der Waals surface area contributed by atoms with Crippen molar-refractivity contribution in [2.24, 2.45) is 0 Å². The van der Waals surface area contributed by atoms with Crippen LogP contribution in [0.25, 0.3) is 0 Å².